The highest BCUT2D eigenvalue weighted by Crippen LogP contribution is 2.24. The highest BCUT2D eigenvalue weighted by atomic mass is 19.4. The largest absolute Gasteiger partial charge is 0.471 e. The molecule has 1 aliphatic heterocycles. The quantitative estimate of drug-likeness (QED) is 0.804. The number of rotatable bonds is 3. The molecule has 23 heavy (non-hydrogen) atoms. The number of carboxylic acid groups (broad SMARTS) is 1. The van der Waals surface area contributed by atoms with Crippen molar-refractivity contribution in [2.45, 2.75) is 44.9 Å². The third kappa shape index (κ3) is 4.49. The Morgan fingerprint density at radius 2 is 1.74 bits per heavy atom. The summed E-state index contributed by atoms with van der Waals surface area (Å²) in [6.45, 7) is 3.97. The summed E-state index contributed by atoms with van der Waals surface area (Å²) in [4.78, 5) is 36.5. The van der Waals surface area contributed by atoms with Crippen molar-refractivity contribution in [1.29, 1.82) is 0 Å². The second kappa shape index (κ2) is 6.63. The topological polar surface area (TPSA) is 89.9 Å². The lowest BCUT2D eigenvalue weighted by atomic mass is 10.0. The lowest BCUT2D eigenvalue weighted by molar-refractivity contribution is -0.190. The summed E-state index contributed by atoms with van der Waals surface area (Å²) in [6, 6.07) is -0.762. The zero-order valence-corrected chi connectivity index (χ0v) is 13.1. The maximum absolute atomic E-state index is 12.6. The summed E-state index contributed by atoms with van der Waals surface area (Å²) in [5, 5.41) is 10.8. The summed E-state index contributed by atoms with van der Waals surface area (Å²) >= 11 is 0. The molecule has 2 N–H and O–H groups in total. The molecule has 3 amide bonds. The molecular formula is C13H20F3N3O4. The number of hydrogen-bond donors (Lipinski definition) is 2. The molecule has 1 saturated heterocycles. The van der Waals surface area contributed by atoms with Crippen molar-refractivity contribution < 1.29 is 32.7 Å². The molecule has 1 heterocycles. The third-order valence-corrected chi connectivity index (χ3v) is 3.70. The van der Waals surface area contributed by atoms with Gasteiger partial charge in [-0.2, -0.15) is 13.2 Å². The lowest BCUT2D eigenvalue weighted by Crippen LogP contribution is -2.63. The fourth-order valence-corrected chi connectivity index (χ4v) is 2.54. The Labute approximate surface area is 131 Å². The SMILES string of the molecule is CCC1CN(C(=O)C(C)(C)NC(=O)O)CCN1C(=O)C(F)(F)F. The van der Waals surface area contributed by atoms with Crippen LogP contribution in [0.1, 0.15) is 27.2 Å². The molecule has 0 aromatic rings. The number of nitrogens with zero attached hydrogens (tertiary/aromatic N) is 2. The van der Waals surface area contributed by atoms with Gasteiger partial charge in [-0.15, -0.1) is 0 Å². The molecule has 0 aliphatic carbocycles. The zero-order chi connectivity index (χ0) is 18.0. The second-order valence-corrected chi connectivity index (χ2v) is 5.86. The van der Waals surface area contributed by atoms with Crippen LogP contribution < -0.4 is 5.32 Å². The van der Waals surface area contributed by atoms with E-state index in [-0.39, 0.29) is 26.1 Å². The average Bonchev–Trinajstić information content (AvgIpc) is 2.42. The molecule has 1 rings (SSSR count). The fraction of sp³-hybridized carbons (Fsp3) is 0.769. The molecular weight excluding hydrogens is 319 g/mol. The Morgan fingerprint density at radius 1 is 1.17 bits per heavy atom. The monoisotopic (exact) mass is 339 g/mol. The first-order chi connectivity index (χ1) is 10.4. The van der Waals surface area contributed by atoms with Crippen molar-refractivity contribution in [1.82, 2.24) is 15.1 Å². The minimum absolute atomic E-state index is 0.0676. The van der Waals surface area contributed by atoms with Crippen LogP contribution in [0.3, 0.4) is 0 Å². The van der Waals surface area contributed by atoms with Crippen molar-refractivity contribution in [2.75, 3.05) is 19.6 Å². The molecule has 0 aromatic carbocycles. The summed E-state index contributed by atoms with van der Waals surface area (Å²) < 4.78 is 37.8. The van der Waals surface area contributed by atoms with Crippen molar-refractivity contribution in [3.63, 3.8) is 0 Å². The number of alkyl halides is 3. The van der Waals surface area contributed by atoms with Gasteiger partial charge in [0.2, 0.25) is 5.91 Å². The van der Waals surface area contributed by atoms with Crippen molar-refractivity contribution in [3.8, 4) is 0 Å². The molecule has 1 aliphatic rings. The van der Waals surface area contributed by atoms with Crippen LogP contribution in [0, 0.1) is 0 Å². The van der Waals surface area contributed by atoms with E-state index in [1.807, 2.05) is 0 Å². The van der Waals surface area contributed by atoms with Crippen LogP contribution in [0.5, 0.6) is 0 Å². The van der Waals surface area contributed by atoms with Gasteiger partial charge in [0.1, 0.15) is 5.54 Å². The first kappa shape index (κ1) is 19.0. The number of carbonyl (C=O) groups excluding carboxylic acids is 2. The summed E-state index contributed by atoms with van der Waals surface area (Å²) in [5.74, 6) is -2.46. The summed E-state index contributed by atoms with van der Waals surface area (Å²) in [5.41, 5.74) is -1.40. The van der Waals surface area contributed by atoms with Gasteiger partial charge in [0.05, 0.1) is 0 Å². The van der Waals surface area contributed by atoms with E-state index in [9.17, 15) is 27.6 Å². The fourth-order valence-electron chi connectivity index (χ4n) is 2.54. The van der Waals surface area contributed by atoms with Gasteiger partial charge < -0.3 is 20.2 Å². The molecule has 1 unspecified atom stereocenters. The van der Waals surface area contributed by atoms with Gasteiger partial charge in [0.15, 0.2) is 0 Å². The van der Waals surface area contributed by atoms with Gasteiger partial charge in [-0.05, 0) is 20.3 Å². The smallest absolute Gasteiger partial charge is 0.465 e. The number of halogens is 3. The van der Waals surface area contributed by atoms with E-state index in [2.05, 4.69) is 5.32 Å². The highest BCUT2D eigenvalue weighted by Gasteiger charge is 2.47. The standard InChI is InChI=1S/C13H20F3N3O4/c1-4-8-7-18(9(20)12(2,3)17-11(22)23)5-6-19(8)10(21)13(14,15)16/h8,17H,4-7H2,1-3H3,(H,22,23). The number of carbonyl (C=O) groups is 3. The van der Waals surface area contributed by atoms with Crippen LogP contribution >= 0.6 is 0 Å². The number of nitrogens with one attached hydrogen (secondary N) is 1. The van der Waals surface area contributed by atoms with E-state index >= 15 is 0 Å². The Hall–Kier alpha value is -2.00. The molecule has 0 radical (unpaired) electrons. The van der Waals surface area contributed by atoms with Gasteiger partial charge in [-0.25, -0.2) is 4.79 Å². The maximum atomic E-state index is 12.6. The molecule has 132 valence electrons. The Balaban J connectivity index is 2.85. The van der Waals surface area contributed by atoms with Crippen LogP contribution in [0.2, 0.25) is 0 Å². The van der Waals surface area contributed by atoms with E-state index in [4.69, 9.17) is 5.11 Å². The van der Waals surface area contributed by atoms with Crippen LogP contribution in [-0.4, -0.2) is 70.2 Å². The van der Waals surface area contributed by atoms with E-state index in [1.54, 1.807) is 6.92 Å². The molecule has 0 bridgehead atoms. The second-order valence-electron chi connectivity index (χ2n) is 5.86. The van der Waals surface area contributed by atoms with Crippen LogP contribution in [-0.2, 0) is 9.59 Å². The van der Waals surface area contributed by atoms with E-state index < -0.39 is 35.7 Å². The van der Waals surface area contributed by atoms with Gasteiger partial charge >= 0.3 is 18.2 Å². The molecule has 10 heteroatoms. The Morgan fingerprint density at radius 3 is 2.17 bits per heavy atom. The van der Waals surface area contributed by atoms with E-state index in [0.717, 1.165) is 4.90 Å². The number of hydrogen-bond acceptors (Lipinski definition) is 3. The zero-order valence-electron chi connectivity index (χ0n) is 13.1. The first-order valence-electron chi connectivity index (χ1n) is 7.08. The van der Waals surface area contributed by atoms with Gasteiger partial charge in [-0.3, -0.25) is 9.59 Å². The van der Waals surface area contributed by atoms with Gasteiger partial charge in [-0.1, -0.05) is 6.92 Å². The summed E-state index contributed by atoms with van der Waals surface area (Å²) in [7, 11) is 0. The molecule has 0 spiro atoms. The van der Waals surface area contributed by atoms with E-state index in [1.165, 1.54) is 18.7 Å². The Kier molecular flexibility index (Phi) is 5.49. The molecule has 7 nitrogen and oxygen atoms in total. The van der Waals surface area contributed by atoms with E-state index in [0.29, 0.717) is 0 Å². The Bertz CT molecular complexity index is 493. The van der Waals surface area contributed by atoms with Crippen LogP contribution in [0.25, 0.3) is 0 Å². The minimum Gasteiger partial charge on any atom is -0.465 e. The molecule has 1 atom stereocenters. The van der Waals surface area contributed by atoms with Crippen molar-refractivity contribution in [2.24, 2.45) is 0 Å². The van der Waals surface area contributed by atoms with Crippen LogP contribution in [0.15, 0.2) is 0 Å². The third-order valence-electron chi connectivity index (χ3n) is 3.70. The van der Waals surface area contributed by atoms with Crippen molar-refractivity contribution >= 4 is 17.9 Å². The molecule has 0 aromatic heterocycles. The molecule has 0 saturated carbocycles. The molecule has 1 fully saturated rings. The summed E-state index contributed by atoms with van der Waals surface area (Å²) in [6.07, 6.45) is -6.08. The lowest BCUT2D eigenvalue weighted by Gasteiger charge is -2.43. The van der Waals surface area contributed by atoms with Gasteiger partial charge in [0, 0.05) is 25.7 Å². The first-order valence-corrected chi connectivity index (χ1v) is 7.08. The minimum atomic E-state index is -4.95. The van der Waals surface area contributed by atoms with Crippen molar-refractivity contribution in [3.05, 3.63) is 0 Å². The number of amides is 3. The van der Waals surface area contributed by atoms with Gasteiger partial charge in [0.25, 0.3) is 0 Å². The normalized spacial score (nSPS) is 19.5. The maximum Gasteiger partial charge on any atom is 0.471 e. The van der Waals surface area contributed by atoms with Crippen LogP contribution in [0.4, 0.5) is 18.0 Å². The highest BCUT2D eigenvalue weighted by molar-refractivity contribution is 5.89. The predicted molar refractivity (Wildman–Crippen MR) is 73.7 cm³/mol. The predicted octanol–water partition coefficient (Wildman–Crippen LogP) is 1.04. The number of piperazine rings is 1. The average molecular weight is 339 g/mol.